The van der Waals surface area contributed by atoms with Crippen molar-refractivity contribution in [3.05, 3.63) is 42.7 Å². The molecular formula is C15H16N4O3. The molecule has 2 N–H and O–H groups in total. The first-order valence-corrected chi connectivity index (χ1v) is 7.04. The molecular weight excluding hydrogens is 284 g/mol. The second kappa shape index (κ2) is 6.30. The zero-order valence-electron chi connectivity index (χ0n) is 11.9. The number of benzene rings is 1. The Balaban J connectivity index is 1.53. The first-order chi connectivity index (χ1) is 10.7. The summed E-state index contributed by atoms with van der Waals surface area (Å²) < 4.78 is 4.60. The van der Waals surface area contributed by atoms with Crippen LogP contribution in [0.2, 0.25) is 0 Å². The average Bonchev–Trinajstić information content (AvgIpc) is 3.19. The second-order valence-electron chi connectivity index (χ2n) is 5.09. The van der Waals surface area contributed by atoms with Crippen LogP contribution >= 0.6 is 0 Å². The molecule has 2 heterocycles. The van der Waals surface area contributed by atoms with E-state index in [4.69, 9.17) is 0 Å². The van der Waals surface area contributed by atoms with Crippen molar-refractivity contribution >= 4 is 23.3 Å². The molecule has 0 saturated carbocycles. The third-order valence-corrected chi connectivity index (χ3v) is 3.49. The summed E-state index contributed by atoms with van der Waals surface area (Å²) >= 11 is 0. The second-order valence-corrected chi connectivity index (χ2v) is 5.09. The molecule has 114 valence electrons. The predicted octanol–water partition coefficient (Wildman–Crippen LogP) is 1.33. The predicted molar refractivity (Wildman–Crippen MR) is 80.2 cm³/mol. The highest BCUT2D eigenvalue weighted by Gasteiger charge is 2.30. The Morgan fingerprint density at radius 3 is 2.77 bits per heavy atom. The fourth-order valence-corrected chi connectivity index (χ4v) is 2.42. The van der Waals surface area contributed by atoms with Crippen molar-refractivity contribution in [2.75, 3.05) is 23.7 Å². The molecule has 2 aromatic rings. The van der Waals surface area contributed by atoms with E-state index in [1.165, 1.54) is 17.2 Å². The van der Waals surface area contributed by atoms with Gasteiger partial charge in [-0.2, -0.15) is 0 Å². The Hall–Kier alpha value is -2.83. The molecule has 1 atom stereocenters. The first kappa shape index (κ1) is 14.1. The molecule has 0 bridgehead atoms. The summed E-state index contributed by atoms with van der Waals surface area (Å²) in [7, 11) is 0. The number of amides is 2. The monoisotopic (exact) mass is 300 g/mol. The van der Waals surface area contributed by atoms with Gasteiger partial charge in [0, 0.05) is 30.9 Å². The smallest absolute Gasteiger partial charge is 0.315 e. The molecule has 1 aliphatic heterocycles. The summed E-state index contributed by atoms with van der Waals surface area (Å²) in [5.74, 6) is -1.02. The molecule has 7 heteroatoms. The van der Waals surface area contributed by atoms with Crippen LogP contribution in [0, 0.1) is 0 Å². The minimum Gasteiger partial charge on any atom is -0.380 e. The molecule has 1 saturated heterocycles. The highest BCUT2D eigenvalue weighted by Crippen LogP contribution is 2.16. The van der Waals surface area contributed by atoms with Crippen molar-refractivity contribution in [3.8, 4) is 0 Å². The maximum absolute atomic E-state index is 12.1. The standard InChI is InChI=1S/C15H16N4O3/c20-14(17-13-7-9-22-18-13)15(21)19-8-6-12(10-19)16-11-4-2-1-3-5-11/h1-5,7,9,12,16H,6,8,10H2,(H,17,18,20)/t12-/m0/s1. The maximum Gasteiger partial charge on any atom is 0.315 e. The number of anilines is 2. The van der Waals surface area contributed by atoms with Crippen LogP contribution in [0.3, 0.4) is 0 Å². The molecule has 1 aromatic carbocycles. The number of aromatic nitrogens is 1. The average molecular weight is 300 g/mol. The van der Waals surface area contributed by atoms with Crippen LogP contribution in [0.15, 0.2) is 47.2 Å². The molecule has 0 radical (unpaired) electrons. The maximum atomic E-state index is 12.1. The zero-order chi connectivity index (χ0) is 15.4. The SMILES string of the molecule is O=C(Nc1ccon1)C(=O)N1CC[C@H](Nc2ccccc2)C1. The Bertz CT molecular complexity index is 642. The van der Waals surface area contributed by atoms with Gasteiger partial charge in [-0.25, -0.2) is 0 Å². The van der Waals surface area contributed by atoms with E-state index in [-0.39, 0.29) is 11.9 Å². The third-order valence-electron chi connectivity index (χ3n) is 3.49. The van der Waals surface area contributed by atoms with Crippen LogP contribution in [-0.2, 0) is 9.59 Å². The van der Waals surface area contributed by atoms with Crippen molar-refractivity contribution in [2.45, 2.75) is 12.5 Å². The van der Waals surface area contributed by atoms with Crippen molar-refractivity contribution in [3.63, 3.8) is 0 Å². The van der Waals surface area contributed by atoms with Gasteiger partial charge in [0.15, 0.2) is 5.82 Å². The molecule has 2 amide bonds. The van der Waals surface area contributed by atoms with E-state index in [0.29, 0.717) is 13.1 Å². The van der Waals surface area contributed by atoms with Gasteiger partial charge < -0.3 is 14.7 Å². The lowest BCUT2D eigenvalue weighted by molar-refractivity contribution is -0.142. The number of likely N-dealkylation sites (tertiary alicyclic amines) is 1. The van der Waals surface area contributed by atoms with Gasteiger partial charge in [-0.1, -0.05) is 23.4 Å². The van der Waals surface area contributed by atoms with E-state index in [1.807, 2.05) is 30.3 Å². The third kappa shape index (κ3) is 3.25. The quantitative estimate of drug-likeness (QED) is 0.835. The van der Waals surface area contributed by atoms with Crippen molar-refractivity contribution < 1.29 is 14.1 Å². The molecule has 1 aromatic heterocycles. The molecule has 0 aliphatic carbocycles. The summed E-state index contributed by atoms with van der Waals surface area (Å²) in [4.78, 5) is 25.5. The molecule has 0 unspecified atom stereocenters. The van der Waals surface area contributed by atoms with Gasteiger partial charge in [0.05, 0.1) is 0 Å². The van der Waals surface area contributed by atoms with E-state index < -0.39 is 11.8 Å². The summed E-state index contributed by atoms with van der Waals surface area (Å²) in [6.45, 7) is 1.05. The summed E-state index contributed by atoms with van der Waals surface area (Å²) in [5, 5.41) is 9.31. The number of rotatable bonds is 3. The number of hydrogen-bond donors (Lipinski definition) is 2. The van der Waals surface area contributed by atoms with Gasteiger partial charge in [-0.3, -0.25) is 14.9 Å². The van der Waals surface area contributed by atoms with Gasteiger partial charge in [-0.15, -0.1) is 0 Å². The number of hydrogen-bond acceptors (Lipinski definition) is 5. The van der Waals surface area contributed by atoms with E-state index in [2.05, 4.69) is 20.3 Å². The Kier molecular flexibility index (Phi) is 4.04. The van der Waals surface area contributed by atoms with Crippen LogP contribution in [0.5, 0.6) is 0 Å². The largest absolute Gasteiger partial charge is 0.380 e. The molecule has 22 heavy (non-hydrogen) atoms. The van der Waals surface area contributed by atoms with Crippen molar-refractivity contribution in [1.29, 1.82) is 0 Å². The molecule has 1 aliphatic rings. The normalized spacial score (nSPS) is 17.3. The lowest BCUT2D eigenvalue weighted by atomic mass is 10.2. The van der Waals surface area contributed by atoms with E-state index in [0.717, 1.165) is 12.1 Å². The number of carbonyl (C=O) groups is 2. The number of carbonyl (C=O) groups excluding carboxylic acids is 2. The zero-order valence-corrected chi connectivity index (χ0v) is 11.9. The van der Waals surface area contributed by atoms with Crippen LogP contribution in [0.4, 0.5) is 11.5 Å². The fourth-order valence-electron chi connectivity index (χ4n) is 2.42. The molecule has 7 nitrogen and oxygen atoms in total. The first-order valence-electron chi connectivity index (χ1n) is 7.04. The van der Waals surface area contributed by atoms with Crippen molar-refractivity contribution in [2.24, 2.45) is 0 Å². The van der Waals surface area contributed by atoms with Gasteiger partial charge in [0.2, 0.25) is 0 Å². The minimum atomic E-state index is -0.700. The van der Waals surface area contributed by atoms with Gasteiger partial charge in [0.1, 0.15) is 6.26 Å². The lowest BCUT2D eigenvalue weighted by Gasteiger charge is -2.17. The van der Waals surface area contributed by atoms with Crippen molar-refractivity contribution in [1.82, 2.24) is 10.1 Å². The number of para-hydroxylation sites is 1. The molecule has 0 spiro atoms. The van der Waals surface area contributed by atoms with Crippen LogP contribution < -0.4 is 10.6 Å². The van der Waals surface area contributed by atoms with Crippen LogP contribution in [0.1, 0.15) is 6.42 Å². The van der Waals surface area contributed by atoms with E-state index >= 15 is 0 Å². The molecule has 3 rings (SSSR count). The van der Waals surface area contributed by atoms with E-state index in [1.54, 1.807) is 0 Å². The Morgan fingerprint density at radius 1 is 1.23 bits per heavy atom. The minimum absolute atomic E-state index is 0.145. The van der Waals surface area contributed by atoms with Crippen LogP contribution in [0.25, 0.3) is 0 Å². The van der Waals surface area contributed by atoms with Gasteiger partial charge >= 0.3 is 11.8 Å². The Labute approximate surface area is 127 Å². The number of nitrogens with one attached hydrogen (secondary N) is 2. The number of nitrogens with zero attached hydrogens (tertiary/aromatic N) is 2. The summed E-state index contributed by atoms with van der Waals surface area (Å²) in [5.41, 5.74) is 1.01. The topological polar surface area (TPSA) is 87.5 Å². The van der Waals surface area contributed by atoms with E-state index in [9.17, 15) is 9.59 Å². The Morgan fingerprint density at radius 2 is 2.05 bits per heavy atom. The highest BCUT2D eigenvalue weighted by molar-refractivity contribution is 6.39. The van der Waals surface area contributed by atoms with Gasteiger partial charge in [0.25, 0.3) is 0 Å². The van der Waals surface area contributed by atoms with Crippen LogP contribution in [-0.4, -0.2) is 41.0 Å². The van der Waals surface area contributed by atoms with Gasteiger partial charge in [-0.05, 0) is 18.6 Å². The lowest BCUT2D eigenvalue weighted by Crippen LogP contribution is -2.39. The summed E-state index contributed by atoms with van der Waals surface area (Å²) in [6.07, 6.45) is 2.13. The molecule has 1 fully saturated rings. The fraction of sp³-hybridized carbons (Fsp3) is 0.267. The highest BCUT2D eigenvalue weighted by atomic mass is 16.5. The summed E-state index contributed by atoms with van der Waals surface area (Å²) in [6, 6.07) is 11.4.